The molecule has 0 aromatic heterocycles. The number of hydrogen-bond acceptors (Lipinski definition) is 5. The lowest BCUT2D eigenvalue weighted by molar-refractivity contribution is -0.139. The molecule has 5 nitrogen and oxygen atoms in total. The van der Waals surface area contributed by atoms with Gasteiger partial charge in [-0.15, -0.1) is 0 Å². The van der Waals surface area contributed by atoms with Crippen molar-refractivity contribution in [3.8, 4) is 0 Å². The Labute approximate surface area is 145 Å². The molecule has 0 saturated carbocycles. The zero-order chi connectivity index (χ0) is 19.5. The number of carbonyl (C=O) groups is 2. The molecule has 0 aliphatic carbocycles. The molecule has 1 aliphatic rings. The van der Waals surface area contributed by atoms with Gasteiger partial charge < -0.3 is 14.4 Å². The van der Waals surface area contributed by atoms with Gasteiger partial charge in [0.25, 0.3) is 0 Å². The number of hydrogen-bond donors (Lipinski definition) is 0. The summed E-state index contributed by atoms with van der Waals surface area (Å²) in [5, 5.41) is 0. The predicted octanol–water partition coefficient (Wildman–Crippen LogP) is 3.33. The normalized spacial score (nSPS) is 14.3. The average Bonchev–Trinajstić information content (AvgIpc) is 2.82. The molecule has 1 aromatic carbocycles. The van der Waals surface area contributed by atoms with Gasteiger partial charge in [-0.1, -0.05) is 6.08 Å². The highest BCUT2D eigenvalue weighted by Crippen LogP contribution is 2.34. The minimum absolute atomic E-state index is 0.262. The Bertz CT molecular complexity index is 825. The third-order valence-corrected chi connectivity index (χ3v) is 3.38. The molecule has 26 heavy (non-hydrogen) atoms. The highest BCUT2D eigenvalue weighted by Gasteiger charge is 2.33. The van der Waals surface area contributed by atoms with E-state index in [0.717, 1.165) is 25.2 Å². The van der Waals surface area contributed by atoms with E-state index < -0.39 is 35.2 Å². The first-order valence-corrected chi connectivity index (χ1v) is 7.12. The zero-order valence-corrected chi connectivity index (χ0v) is 13.6. The minimum Gasteiger partial charge on any atom is -0.465 e. The number of esters is 2. The number of carbonyl (C=O) groups excluding carboxylic acids is 2. The second-order valence-corrected chi connectivity index (χ2v) is 5.01. The molecular formula is C17H13F4NO4. The SMILES string of the molecule is COC(=O)C1=C(C(=O)OC)N(c2cc(F)cc(C(F)(F)F)c2)C=CC=C1. The van der Waals surface area contributed by atoms with Crippen molar-refractivity contribution >= 4 is 17.6 Å². The standard InChI is InChI=1S/C17H13F4NO4/c1-25-15(23)13-5-3-4-6-22(14(13)16(24)26-2)12-8-10(17(19,20)21)7-11(18)9-12/h3-9H,1-2H3. The van der Waals surface area contributed by atoms with E-state index in [1.54, 1.807) is 0 Å². The molecule has 1 aromatic rings. The van der Waals surface area contributed by atoms with Crippen LogP contribution in [0, 0.1) is 5.82 Å². The first-order valence-electron chi connectivity index (χ1n) is 7.12. The van der Waals surface area contributed by atoms with E-state index in [1.807, 2.05) is 0 Å². The van der Waals surface area contributed by atoms with Crippen LogP contribution < -0.4 is 4.90 Å². The topological polar surface area (TPSA) is 55.8 Å². The van der Waals surface area contributed by atoms with Crippen LogP contribution in [-0.2, 0) is 25.2 Å². The Morgan fingerprint density at radius 2 is 1.65 bits per heavy atom. The quantitative estimate of drug-likeness (QED) is 0.603. The maximum Gasteiger partial charge on any atom is 0.416 e. The number of alkyl halides is 3. The fourth-order valence-corrected chi connectivity index (χ4v) is 2.24. The van der Waals surface area contributed by atoms with Gasteiger partial charge in [-0.05, 0) is 30.4 Å². The second kappa shape index (κ2) is 7.42. The van der Waals surface area contributed by atoms with Gasteiger partial charge in [0.2, 0.25) is 0 Å². The summed E-state index contributed by atoms with van der Waals surface area (Å²) in [7, 11) is 2.11. The Morgan fingerprint density at radius 3 is 2.23 bits per heavy atom. The van der Waals surface area contributed by atoms with Gasteiger partial charge in [0.1, 0.15) is 11.5 Å². The van der Waals surface area contributed by atoms with Crippen LogP contribution >= 0.6 is 0 Å². The van der Waals surface area contributed by atoms with Crippen molar-refractivity contribution in [2.24, 2.45) is 0 Å². The summed E-state index contributed by atoms with van der Waals surface area (Å²) < 4.78 is 61.9. The van der Waals surface area contributed by atoms with Crippen molar-refractivity contribution in [3.05, 3.63) is 65.3 Å². The van der Waals surface area contributed by atoms with Crippen molar-refractivity contribution in [3.63, 3.8) is 0 Å². The summed E-state index contributed by atoms with van der Waals surface area (Å²) in [6.07, 6.45) is 0.368. The molecule has 0 spiro atoms. The first kappa shape index (κ1) is 19.2. The van der Waals surface area contributed by atoms with Crippen LogP contribution in [0.2, 0.25) is 0 Å². The largest absolute Gasteiger partial charge is 0.465 e. The second-order valence-electron chi connectivity index (χ2n) is 5.01. The van der Waals surface area contributed by atoms with E-state index in [9.17, 15) is 27.2 Å². The maximum absolute atomic E-state index is 13.8. The summed E-state index contributed by atoms with van der Waals surface area (Å²) in [6.45, 7) is 0. The lowest BCUT2D eigenvalue weighted by Gasteiger charge is -2.24. The number of benzene rings is 1. The van der Waals surface area contributed by atoms with E-state index >= 15 is 0 Å². The number of allylic oxidation sites excluding steroid dienone is 2. The van der Waals surface area contributed by atoms with Gasteiger partial charge in [-0.3, -0.25) is 0 Å². The maximum atomic E-state index is 13.8. The molecule has 1 heterocycles. The van der Waals surface area contributed by atoms with E-state index in [-0.39, 0.29) is 11.3 Å². The van der Waals surface area contributed by atoms with E-state index in [0.29, 0.717) is 12.1 Å². The summed E-state index contributed by atoms with van der Waals surface area (Å²) in [5.41, 5.74) is -2.24. The zero-order valence-electron chi connectivity index (χ0n) is 13.6. The lowest BCUT2D eigenvalue weighted by Crippen LogP contribution is -2.27. The highest BCUT2D eigenvalue weighted by atomic mass is 19.4. The van der Waals surface area contributed by atoms with E-state index in [1.165, 1.54) is 24.4 Å². The van der Waals surface area contributed by atoms with Crippen LogP contribution in [0.25, 0.3) is 0 Å². The Kier molecular flexibility index (Phi) is 5.49. The van der Waals surface area contributed by atoms with Crippen molar-refractivity contribution < 1.29 is 36.6 Å². The molecule has 0 fully saturated rings. The monoisotopic (exact) mass is 371 g/mol. The van der Waals surface area contributed by atoms with Crippen LogP contribution in [0.15, 0.2) is 53.9 Å². The Balaban J connectivity index is 2.71. The van der Waals surface area contributed by atoms with Gasteiger partial charge in [0.05, 0.1) is 25.4 Å². The number of anilines is 1. The summed E-state index contributed by atoms with van der Waals surface area (Å²) in [5.74, 6) is -3.09. The number of ether oxygens (including phenoxy) is 2. The minimum atomic E-state index is -4.80. The number of halogens is 4. The first-order chi connectivity index (χ1) is 12.2. The molecule has 9 heteroatoms. The van der Waals surface area contributed by atoms with Crippen LogP contribution in [0.3, 0.4) is 0 Å². The summed E-state index contributed by atoms with van der Waals surface area (Å²) >= 11 is 0. The van der Waals surface area contributed by atoms with E-state index in [2.05, 4.69) is 9.47 Å². The Morgan fingerprint density at radius 1 is 1.00 bits per heavy atom. The third kappa shape index (κ3) is 3.93. The predicted molar refractivity (Wildman–Crippen MR) is 83.2 cm³/mol. The van der Waals surface area contributed by atoms with Crippen molar-refractivity contribution in [2.45, 2.75) is 6.18 Å². The molecule has 0 bridgehead atoms. The van der Waals surface area contributed by atoms with Gasteiger partial charge in [-0.2, -0.15) is 13.2 Å². The smallest absolute Gasteiger partial charge is 0.416 e. The fourth-order valence-electron chi connectivity index (χ4n) is 2.24. The molecular weight excluding hydrogens is 358 g/mol. The summed E-state index contributed by atoms with van der Waals surface area (Å²) in [4.78, 5) is 25.1. The van der Waals surface area contributed by atoms with E-state index in [4.69, 9.17) is 0 Å². The van der Waals surface area contributed by atoms with Gasteiger partial charge in [-0.25, -0.2) is 14.0 Å². The van der Waals surface area contributed by atoms with Crippen LogP contribution in [0.5, 0.6) is 0 Å². The Hall–Kier alpha value is -3.10. The van der Waals surface area contributed by atoms with Crippen molar-refractivity contribution in [1.29, 1.82) is 0 Å². The average molecular weight is 371 g/mol. The van der Waals surface area contributed by atoms with Crippen molar-refractivity contribution in [1.82, 2.24) is 0 Å². The highest BCUT2D eigenvalue weighted by molar-refractivity contribution is 6.05. The van der Waals surface area contributed by atoms with Gasteiger partial charge in [0.15, 0.2) is 0 Å². The molecule has 0 N–H and O–H groups in total. The molecule has 2 rings (SSSR count). The molecule has 138 valence electrons. The molecule has 0 unspecified atom stereocenters. The van der Waals surface area contributed by atoms with Crippen LogP contribution in [-0.4, -0.2) is 26.2 Å². The fraction of sp³-hybridized carbons (Fsp3) is 0.176. The molecule has 0 radical (unpaired) electrons. The molecule has 0 atom stereocenters. The number of nitrogens with zero attached hydrogens (tertiary/aromatic N) is 1. The van der Waals surface area contributed by atoms with Crippen LogP contribution in [0.4, 0.5) is 23.2 Å². The molecule has 1 aliphatic heterocycles. The van der Waals surface area contributed by atoms with Crippen molar-refractivity contribution in [2.75, 3.05) is 19.1 Å². The molecule has 0 saturated heterocycles. The number of methoxy groups -OCH3 is 2. The van der Waals surface area contributed by atoms with Gasteiger partial charge in [0, 0.05) is 11.9 Å². The summed E-state index contributed by atoms with van der Waals surface area (Å²) in [6, 6.07) is 1.77. The molecule has 0 amide bonds. The van der Waals surface area contributed by atoms with Gasteiger partial charge >= 0.3 is 18.1 Å². The van der Waals surface area contributed by atoms with Crippen LogP contribution in [0.1, 0.15) is 5.56 Å². The third-order valence-electron chi connectivity index (χ3n) is 3.38. The lowest BCUT2D eigenvalue weighted by atomic mass is 10.1. The number of rotatable bonds is 3.